The summed E-state index contributed by atoms with van der Waals surface area (Å²) in [5, 5.41) is 10.4. The number of anilines is 1. The van der Waals surface area contributed by atoms with E-state index >= 15 is 0 Å². The Labute approximate surface area is 122 Å². The van der Waals surface area contributed by atoms with Crippen LogP contribution in [0.5, 0.6) is 0 Å². The van der Waals surface area contributed by atoms with Gasteiger partial charge in [-0.25, -0.2) is 4.98 Å². The predicted molar refractivity (Wildman–Crippen MR) is 78.0 cm³/mol. The molecule has 2 aromatic heterocycles. The molecule has 0 radical (unpaired) electrons. The van der Waals surface area contributed by atoms with Crippen LogP contribution in [-0.4, -0.2) is 47.3 Å². The van der Waals surface area contributed by atoms with Gasteiger partial charge in [0.15, 0.2) is 5.65 Å². The first-order valence-electron chi connectivity index (χ1n) is 7.05. The summed E-state index contributed by atoms with van der Waals surface area (Å²) in [6.07, 6.45) is 4.85. The Morgan fingerprint density at radius 3 is 3.00 bits per heavy atom. The number of nitrogens with one attached hydrogen (secondary N) is 2. The van der Waals surface area contributed by atoms with Gasteiger partial charge in [-0.3, -0.25) is 4.79 Å². The molecular weight excluding hydrogens is 270 g/mol. The Hall–Kier alpha value is -1.99. The van der Waals surface area contributed by atoms with E-state index in [9.17, 15) is 4.79 Å². The highest BCUT2D eigenvalue weighted by Gasteiger charge is 2.39. The number of hydrogen-bond donors (Lipinski definition) is 2. The highest BCUT2D eigenvalue weighted by molar-refractivity contribution is 5.95. The Balaban J connectivity index is 1.85. The van der Waals surface area contributed by atoms with Crippen LogP contribution in [0.3, 0.4) is 0 Å². The van der Waals surface area contributed by atoms with E-state index in [1.54, 1.807) is 36.2 Å². The molecule has 3 rings (SSSR count). The molecule has 21 heavy (non-hydrogen) atoms. The van der Waals surface area contributed by atoms with Gasteiger partial charge in [0.25, 0.3) is 0 Å². The summed E-state index contributed by atoms with van der Waals surface area (Å²) >= 11 is 0. The third kappa shape index (κ3) is 2.62. The quantitative estimate of drug-likeness (QED) is 0.865. The largest absolute Gasteiger partial charge is 0.384 e. The number of carbonyl (C=O) groups excluding carboxylic acids is 1. The van der Waals surface area contributed by atoms with Crippen LogP contribution in [0, 0.1) is 5.41 Å². The Kier molecular flexibility index (Phi) is 3.85. The Morgan fingerprint density at radius 2 is 2.24 bits per heavy atom. The fourth-order valence-electron chi connectivity index (χ4n) is 2.80. The molecule has 2 N–H and O–H groups in total. The van der Waals surface area contributed by atoms with Crippen LogP contribution in [0.1, 0.15) is 12.8 Å². The van der Waals surface area contributed by atoms with E-state index in [2.05, 4.69) is 20.7 Å². The Morgan fingerprint density at radius 1 is 1.43 bits per heavy atom. The highest BCUT2D eigenvalue weighted by Crippen LogP contribution is 2.30. The summed E-state index contributed by atoms with van der Waals surface area (Å²) in [7, 11) is 1.63. The first-order valence-corrected chi connectivity index (χ1v) is 7.05. The minimum absolute atomic E-state index is 0.0196. The summed E-state index contributed by atoms with van der Waals surface area (Å²) in [5.41, 5.74) is 0.224. The molecule has 0 unspecified atom stereocenters. The zero-order valence-electron chi connectivity index (χ0n) is 12.0. The zero-order chi connectivity index (χ0) is 14.7. The van der Waals surface area contributed by atoms with Crippen molar-refractivity contribution in [1.82, 2.24) is 19.9 Å². The molecule has 0 spiro atoms. The fraction of sp³-hybridized carbons (Fsp3) is 0.500. The van der Waals surface area contributed by atoms with E-state index in [1.807, 2.05) is 0 Å². The van der Waals surface area contributed by atoms with Crippen LogP contribution in [0.15, 0.2) is 24.5 Å². The monoisotopic (exact) mass is 289 g/mol. The van der Waals surface area contributed by atoms with Crippen molar-refractivity contribution >= 4 is 17.4 Å². The minimum Gasteiger partial charge on any atom is -0.384 e. The highest BCUT2D eigenvalue weighted by atomic mass is 16.5. The van der Waals surface area contributed by atoms with Crippen molar-refractivity contribution in [2.24, 2.45) is 5.41 Å². The van der Waals surface area contributed by atoms with Gasteiger partial charge in [0.2, 0.25) is 5.91 Å². The van der Waals surface area contributed by atoms with Crippen molar-refractivity contribution < 1.29 is 9.53 Å². The van der Waals surface area contributed by atoms with Gasteiger partial charge in [-0.15, -0.1) is 0 Å². The molecule has 1 saturated heterocycles. The van der Waals surface area contributed by atoms with Crippen molar-refractivity contribution in [1.29, 1.82) is 0 Å². The van der Waals surface area contributed by atoms with Crippen molar-refractivity contribution in [3.63, 3.8) is 0 Å². The third-order valence-corrected chi connectivity index (χ3v) is 3.99. The molecule has 0 aromatic carbocycles. The van der Waals surface area contributed by atoms with Gasteiger partial charge in [-0.1, -0.05) is 0 Å². The number of carbonyl (C=O) groups is 1. The smallest absolute Gasteiger partial charge is 0.234 e. The molecule has 7 heteroatoms. The molecule has 1 aliphatic rings. The average Bonchev–Trinajstić information content (AvgIpc) is 2.98. The molecule has 0 atom stereocenters. The summed E-state index contributed by atoms with van der Waals surface area (Å²) in [5.74, 6) is 0.609. The molecule has 7 nitrogen and oxygen atoms in total. The lowest BCUT2D eigenvalue weighted by atomic mass is 9.78. The van der Waals surface area contributed by atoms with E-state index in [-0.39, 0.29) is 5.91 Å². The average molecular weight is 289 g/mol. The van der Waals surface area contributed by atoms with Crippen molar-refractivity contribution in [2.45, 2.75) is 12.8 Å². The van der Waals surface area contributed by atoms with Gasteiger partial charge in [-0.05, 0) is 32.0 Å². The zero-order valence-corrected chi connectivity index (χ0v) is 12.0. The molecule has 1 aliphatic heterocycles. The minimum atomic E-state index is -0.483. The number of piperidine rings is 1. The fourth-order valence-corrected chi connectivity index (χ4v) is 2.80. The van der Waals surface area contributed by atoms with Gasteiger partial charge < -0.3 is 15.4 Å². The maximum atomic E-state index is 12.8. The van der Waals surface area contributed by atoms with Crippen molar-refractivity contribution in [2.75, 3.05) is 32.1 Å². The van der Waals surface area contributed by atoms with Crippen molar-refractivity contribution in [3.05, 3.63) is 24.5 Å². The van der Waals surface area contributed by atoms with Gasteiger partial charge in [0.1, 0.15) is 5.82 Å². The van der Waals surface area contributed by atoms with E-state index in [4.69, 9.17) is 4.74 Å². The van der Waals surface area contributed by atoms with Crippen LogP contribution in [0.25, 0.3) is 5.65 Å². The molecule has 0 saturated carbocycles. The van der Waals surface area contributed by atoms with Crippen LogP contribution in [0.4, 0.5) is 5.82 Å². The maximum absolute atomic E-state index is 12.8. The molecule has 2 aromatic rings. The van der Waals surface area contributed by atoms with Crippen LogP contribution < -0.4 is 10.6 Å². The Bertz CT molecular complexity index is 628. The second-order valence-electron chi connectivity index (χ2n) is 5.35. The van der Waals surface area contributed by atoms with Gasteiger partial charge in [-0.2, -0.15) is 9.61 Å². The summed E-state index contributed by atoms with van der Waals surface area (Å²) in [6, 6.07) is 3.55. The van der Waals surface area contributed by atoms with Gasteiger partial charge in [0.05, 0.1) is 18.2 Å². The van der Waals surface area contributed by atoms with E-state index in [0.717, 1.165) is 25.9 Å². The lowest BCUT2D eigenvalue weighted by Gasteiger charge is -2.35. The second-order valence-corrected chi connectivity index (χ2v) is 5.35. The summed E-state index contributed by atoms with van der Waals surface area (Å²) in [6.45, 7) is 2.07. The summed E-state index contributed by atoms with van der Waals surface area (Å²) < 4.78 is 6.92. The SMILES string of the molecule is COCC1(C(=O)Nc2ccnc3ccnn23)CCNCC1. The first kappa shape index (κ1) is 14.0. The number of amides is 1. The van der Waals surface area contributed by atoms with Gasteiger partial charge in [0, 0.05) is 19.4 Å². The number of hydrogen-bond acceptors (Lipinski definition) is 5. The number of ether oxygens (including phenoxy) is 1. The summed E-state index contributed by atoms with van der Waals surface area (Å²) in [4.78, 5) is 17.0. The van der Waals surface area contributed by atoms with E-state index < -0.39 is 5.41 Å². The second kappa shape index (κ2) is 5.79. The number of fused-ring (bicyclic) bond motifs is 1. The van der Waals surface area contributed by atoms with Crippen molar-refractivity contribution in [3.8, 4) is 0 Å². The first-order chi connectivity index (χ1) is 10.2. The molecule has 1 amide bonds. The van der Waals surface area contributed by atoms with Gasteiger partial charge >= 0.3 is 0 Å². The molecule has 1 fully saturated rings. The topological polar surface area (TPSA) is 80.5 Å². The molecule has 3 heterocycles. The normalized spacial score (nSPS) is 17.8. The number of aromatic nitrogens is 3. The molecule has 112 valence electrons. The van der Waals surface area contributed by atoms with Crippen LogP contribution in [-0.2, 0) is 9.53 Å². The standard InChI is InChI=1S/C14H19N5O2/c1-21-10-14(4-8-15-9-5-14)13(20)18-12-2-6-16-11-3-7-17-19(11)12/h2-3,6-7,15H,4-5,8-10H2,1H3,(H,18,20). The molecular formula is C14H19N5O2. The number of methoxy groups -OCH3 is 1. The lowest BCUT2D eigenvalue weighted by molar-refractivity contribution is -0.130. The van der Waals surface area contributed by atoms with Crippen LogP contribution in [0.2, 0.25) is 0 Å². The van der Waals surface area contributed by atoms with E-state index in [1.165, 1.54) is 0 Å². The number of nitrogens with zero attached hydrogens (tertiary/aromatic N) is 3. The van der Waals surface area contributed by atoms with Crippen LogP contribution >= 0.6 is 0 Å². The molecule has 0 bridgehead atoms. The van der Waals surface area contributed by atoms with E-state index in [0.29, 0.717) is 18.1 Å². The number of rotatable bonds is 4. The maximum Gasteiger partial charge on any atom is 0.234 e. The molecule has 0 aliphatic carbocycles. The third-order valence-electron chi connectivity index (χ3n) is 3.99. The lowest BCUT2D eigenvalue weighted by Crippen LogP contribution is -2.47. The predicted octanol–water partition coefficient (Wildman–Crippen LogP) is 0.684.